The Morgan fingerprint density at radius 2 is 2.21 bits per heavy atom. The van der Waals surface area contributed by atoms with Crippen LogP contribution in [0.2, 0.25) is 0 Å². The number of ether oxygens (including phenoxy) is 1. The highest BCUT2D eigenvalue weighted by Gasteiger charge is 2.21. The quantitative estimate of drug-likeness (QED) is 0.481. The Balaban J connectivity index is 2.78. The molecule has 0 saturated heterocycles. The first-order valence-corrected chi connectivity index (χ1v) is 5.88. The van der Waals surface area contributed by atoms with E-state index in [1.54, 1.807) is 0 Å². The summed E-state index contributed by atoms with van der Waals surface area (Å²) in [5.41, 5.74) is 0.543. The first kappa shape index (κ1) is 14.9. The van der Waals surface area contributed by atoms with Gasteiger partial charge in [0.15, 0.2) is 6.20 Å². The summed E-state index contributed by atoms with van der Waals surface area (Å²) in [4.78, 5) is 25.2. The second-order valence-electron chi connectivity index (χ2n) is 4.51. The molecule has 1 aromatic heterocycles. The molecule has 0 saturated carbocycles. The molecule has 1 rings (SSSR count). The van der Waals surface area contributed by atoms with E-state index in [9.17, 15) is 14.9 Å². The Labute approximate surface area is 111 Å². The Morgan fingerprint density at radius 1 is 1.53 bits per heavy atom. The van der Waals surface area contributed by atoms with Gasteiger partial charge in [0.25, 0.3) is 0 Å². The summed E-state index contributed by atoms with van der Waals surface area (Å²) < 4.78 is 4.72. The fraction of sp³-hybridized carbons (Fsp3) is 0.500. The van der Waals surface area contributed by atoms with Gasteiger partial charge in [-0.25, -0.2) is 4.79 Å². The first-order valence-electron chi connectivity index (χ1n) is 5.88. The zero-order valence-corrected chi connectivity index (χ0v) is 11.1. The SMILES string of the molecule is COC(=O)C(CC(C)C)Nc1ccc([N+](=O)[O-])nc1. The van der Waals surface area contributed by atoms with Gasteiger partial charge in [-0.3, -0.25) is 0 Å². The number of esters is 1. The number of nitro groups is 1. The molecule has 0 bridgehead atoms. The third kappa shape index (κ3) is 4.53. The van der Waals surface area contributed by atoms with Crippen LogP contribution >= 0.6 is 0 Å². The molecule has 19 heavy (non-hydrogen) atoms. The molecule has 0 amide bonds. The minimum atomic E-state index is -0.574. The van der Waals surface area contributed by atoms with Crippen molar-refractivity contribution >= 4 is 17.5 Å². The lowest BCUT2D eigenvalue weighted by Gasteiger charge is -2.18. The molecule has 1 atom stereocenters. The molecule has 7 heteroatoms. The summed E-state index contributed by atoms with van der Waals surface area (Å²) in [6.45, 7) is 3.98. The summed E-state index contributed by atoms with van der Waals surface area (Å²) in [6, 6.07) is 2.31. The van der Waals surface area contributed by atoms with Gasteiger partial charge in [-0.2, -0.15) is 0 Å². The third-order valence-electron chi connectivity index (χ3n) is 2.47. The van der Waals surface area contributed by atoms with Crippen LogP contribution < -0.4 is 5.32 Å². The van der Waals surface area contributed by atoms with Crippen molar-refractivity contribution < 1.29 is 14.5 Å². The smallest absolute Gasteiger partial charge is 0.363 e. The lowest BCUT2D eigenvalue weighted by atomic mass is 10.0. The number of nitrogens with zero attached hydrogens (tertiary/aromatic N) is 2. The largest absolute Gasteiger partial charge is 0.467 e. The second kappa shape index (κ2) is 6.67. The van der Waals surface area contributed by atoms with Crippen molar-refractivity contribution in [3.05, 3.63) is 28.4 Å². The maximum Gasteiger partial charge on any atom is 0.363 e. The van der Waals surface area contributed by atoms with Crippen LogP contribution in [0.3, 0.4) is 0 Å². The number of carbonyl (C=O) groups is 1. The van der Waals surface area contributed by atoms with Gasteiger partial charge < -0.3 is 20.2 Å². The number of pyridine rings is 1. The van der Waals surface area contributed by atoms with Gasteiger partial charge in [-0.15, -0.1) is 0 Å². The molecular formula is C12H17N3O4. The molecule has 1 heterocycles. The molecule has 0 radical (unpaired) electrons. The van der Waals surface area contributed by atoms with Crippen molar-refractivity contribution in [2.45, 2.75) is 26.3 Å². The predicted molar refractivity (Wildman–Crippen MR) is 69.8 cm³/mol. The minimum absolute atomic E-state index is 0.232. The summed E-state index contributed by atoms with van der Waals surface area (Å²) in [6.07, 6.45) is 1.93. The molecule has 0 fully saturated rings. The molecule has 0 spiro atoms. The Bertz CT molecular complexity index is 445. The van der Waals surface area contributed by atoms with Crippen LogP contribution in [0.25, 0.3) is 0 Å². The van der Waals surface area contributed by atoms with Gasteiger partial charge in [-0.1, -0.05) is 13.8 Å². The maximum atomic E-state index is 11.6. The summed E-state index contributed by atoms with van der Waals surface area (Å²) >= 11 is 0. The first-order chi connectivity index (χ1) is 8.93. The molecule has 0 aliphatic heterocycles. The highest BCUT2D eigenvalue weighted by atomic mass is 16.6. The van der Waals surface area contributed by atoms with Gasteiger partial charge in [0.05, 0.1) is 12.8 Å². The van der Waals surface area contributed by atoms with Crippen LogP contribution in [0.5, 0.6) is 0 Å². The highest BCUT2D eigenvalue weighted by Crippen LogP contribution is 2.16. The average Bonchev–Trinajstić information content (AvgIpc) is 2.37. The average molecular weight is 267 g/mol. The van der Waals surface area contributed by atoms with Gasteiger partial charge >= 0.3 is 11.8 Å². The lowest BCUT2D eigenvalue weighted by Crippen LogP contribution is -2.32. The van der Waals surface area contributed by atoms with Gasteiger partial charge in [-0.05, 0) is 28.3 Å². The third-order valence-corrected chi connectivity index (χ3v) is 2.47. The Hall–Kier alpha value is -2.18. The van der Waals surface area contributed by atoms with E-state index in [1.165, 1.54) is 25.4 Å². The standard InChI is InChI=1S/C12H17N3O4/c1-8(2)6-10(12(16)19-3)14-9-4-5-11(13-7-9)15(17)18/h4-5,7-8,10,14H,6H2,1-3H3. The zero-order valence-electron chi connectivity index (χ0n) is 11.1. The molecule has 0 aliphatic carbocycles. The van der Waals surface area contributed by atoms with Crippen molar-refractivity contribution in [2.24, 2.45) is 5.92 Å². The van der Waals surface area contributed by atoms with Crippen LogP contribution in [-0.4, -0.2) is 29.0 Å². The number of rotatable bonds is 6. The van der Waals surface area contributed by atoms with Crippen molar-refractivity contribution in [2.75, 3.05) is 12.4 Å². The van der Waals surface area contributed by atoms with Gasteiger partial charge in [0.2, 0.25) is 0 Å². The van der Waals surface area contributed by atoms with Gasteiger partial charge in [0, 0.05) is 6.07 Å². The molecule has 7 nitrogen and oxygen atoms in total. The number of aromatic nitrogens is 1. The lowest BCUT2D eigenvalue weighted by molar-refractivity contribution is -0.389. The molecule has 1 N–H and O–H groups in total. The zero-order chi connectivity index (χ0) is 14.4. The van der Waals surface area contributed by atoms with Crippen molar-refractivity contribution in [3.63, 3.8) is 0 Å². The number of hydrogen-bond donors (Lipinski definition) is 1. The van der Waals surface area contributed by atoms with Crippen LogP contribution in [0.1, 0.15) is 20.3 Å². The number of nitrogens with one attached hydrogen (secondary N) is 1. The van der Waals surface area contributed by atoms with Crippen molar-refractivity contribution in [1.82, 2.24) is 4.98 Å². The normalized spacial score (nSPS) is 12.0. The summed E-state index contributed by atoms with van der Waals surface area (Å²) in [7, 11) is 1.32. The van der Waals surface area contributed by atoms with Gasteiger partial charge in [0.1, 0.15) is 6.04 Å². The molecule has 1 unspecified atom stereocenters. The Kier molecular flexibility index (Phi) is 5.23. The summed E-state index contributed by atoms with van der Waals surface area (Å²) in [5.74, 6) is -0.293. The van der Waals surface area contributed by atoms with E-state index in [0.29, 0.717) is 18.0 Å². The van der Waals surface area contributed by atoms with Crippen molar-refractivity contribution in [3.8, 4) is 0 Å². The number of carbonyl (C=O) groups excluding carboxylic acids is 1. The van der Waals surface area contributed by atoms with E-state index in [2.05, 4.69) is 10.3 Å². The fourth-order valence-corrected chi connectivity index (χ4v) is 1.61. The van der Waals surface area contributed by atoms with Crippen LogP contribution in [-0.2, 0) is 9.53 Å². The second-order valence-corrected chi connectivity index (χ2v) is 4.51. The monoisotopic (exact) mass is 267 g/mol. The Morgan fingerprint density at radius 3 is 2.63 bits per heavy atom. The molecule has 0 aromatic carbocycles. The van der Waals surface area contributed by atoms with E-state index in [-0.39, 0.29) is 11.8 Å². The van der Waals surface area contributed by atoms with E-state index >= 15 is 0 Å². The van der Waals surface area contributed by atoms with Crippen LogP contribution in [0, 0.1) is 16.0 Å². The van der Waals surface area contributed by atoms with E-state index in [4.69, 9.17) is 4.74 Å². The topological polar surface area (TPSA) is 94.4 Å². The van der Waals surface area contributed by atoms with E-state index in [0.717, 1.165) is 0 Å². The molecule has 1 aromatic rings. The summed E-state index contributed by atoms with van der Waals surface area (Å²) in [5, 5.41) is 13.5. The highest BCUT2D eigenvalue weighted by molar-refractivity contribution is 5.79. The number of hydrogen-bond acceptors (Lipinski definition) is 6. The minimum Gasteiger partial charge on any atom is -0.467 e. The van der Waals surface area contributed by atoms with Crippen LogP contribution in [0.4, 0.5) is 11.5 Å². The predicted octanol–water partition coefficient (Wildman–Crippen LogP) is 1.99. The van der Waals surface area contributed by atoms with E-state index < -0.39 is 11.0 Å². The molecule has 0 aliphatic rings. The molecular weight excluding hydrogens is 250 g/mol. The van der Waals surface area contributed by atoms with Crippen molar-refractivity contribution in [1.29, 1.82) is 0 Å². The number of anilines is 1. The molecule has 104 valence electrons. The maximum absolute atomic E-state index is 11.6. The fourth-order valence-electron chi connectivity index (χ4n) is 1.61. The number of methoxy groups -OCH3 is 1. The van der Waals surface area contributed by atoms with E-state index in [1.807, 2.05) is 13.8 Å². The van der Waals surface area contributed by atoms with Crippen LogP contribution in [0.15, 0.2) is 18.3 Å².